The number of nitrogens with zero attached hydrogens (tertiary/aromatic N) is 1. The first-order valence-corrected chi connectivity index (χ1v) is 4.11. The van der Waals surface area contributed by atoms with E-state index in [-0.39, 0.29) is 11.8 Å². The molecule has 1 heterocycles. The van der Waals surface area contributed by atoms with E-state index < -0.39 is 0 Å². The summed E-state index contributed by atoms with van der Waals surface area (Å²) >= 11 is 0. The molecule has 1 aliphatic rings. The third kappa shape index (κ3) is 1.33. The Kier molecular flexibility index (Phi) is 1.85. The van der Waals surface area contributed by atoms with Crippen molar-refractivity contribution in [2.75, 3.05) is 4.90 Å². The lowest BCUT2D eigenvalue weighted by atomic mass is 10.3. The van der Waals surface area contributed by atoms with Crippen LogP contribution in [0.3, 0.4) is 0 Å². The van der Waals surface area contributed by atoms with E-state index in [0.29, 0.717) is 18.5 Å². The van der Waals surface area contributed by atoms with Crippen molar-refractivity contribution in [2.24, 2.45) is 0 Å². The van der Waals surface area contributed by atoms with Crippen LogP contribution in [0.4, 0.5) is 5.69 Å². The van der Waals surface area contributed by atoms with Gasteiger partial charge in [-0.15, -0.1) is 0 Å². The first-order valence-electron chi connectivity index (χ1n) is 4.11. The van der Waals surface area contributed by atoms with Crippen LogP contribution < -0.4 is 4.90 Å². The van der Waals surface area contributed by atoms with E-state index in [1.54, 1.807) is 24.3 Å². The number of rotatable bonds is 1. The topological polar surface area (TPSA) is 37.4 Å². The maximum absolute atomic E-state index is 11.3. The molecule has 1 aromatic rings. The van der Waals surface area contributed by atoms with Crippen LogP contribution in [0, 0.1) is 6.07 Å². The molecule has 1 aromatic carbocycles. The quantitative estimate of drug-likeness (QED) is 0.599. The van der Waals surface area contributed by atoms with Crippen LogP contribution in [0.1, 0.15) is 12.8 Å². The Bertz CT molecular complexity index is 329. The van der Waals surface area contributed by atoms with Gasteiger partial charge in [-0.25, -0.2) is 0 Å². The maximum atomic E-state index is 11.3. The molecule has 0 bridgehead atoms. The van der Waals surface area contributed by atoms with Crippen LogP contribution in [0.5, 0.6) is 0 Å². The number of benzene rings is 1. The van der Waals surface area contributed by atoms with Gasteiger partial charge in [-0.1, -0.05) is 12.1 Å². The molecule has 65 valence electrons. The van der Waals surface area contributed by atoms with Gasteiger partial charge < -0.3 is 0 Å². The first-order chi connectivity index (χ1) is 6.29. The van der Waals surface area contributed by atoms with Gasteiger partial charge in [0.25, 0.3) is 0 Å². The summed E-state index contributed by atoms with van der Waals surface area (Å²) in [5.74, 6) is -0.229. The molecule has 0 aliphatic carbocycles. The van der Waals surface area contributed by atoms with Crippen LogP contribution in [-0.2, 0) is 9.59 Å². The minimum Gasteiger partial charge on any atom is -0.274 e. The maximum Gasteiger partial charge on any atom is 0.234 e. The highest BCUT2D eigenvalue weighted by Crippen LogP contribution is 2.21. The van der Waals surface area contributed by atoms with Crippen LogP contribution >= 0.6 is 0 Å². The molecule has 3 nitrogen and oxygen atoms in total. The molecule has 0 aromatic heterocycles. The van der Waals surface area contributed by atoms with E-state index in [2.05, 4.69) is 6.07 Å². The normalized spacial score (nSPS) is 16.8. The molecule has 0 unspecified atom stereocenters. The van der Waals surface area contributed by atoms with Gasteiger partial charge in [0.2, 0.25) is 11.8 Å². The van der Waals surface area contributed by atoms with Crippen molar-refractivity contribution in [3.63, 3.8) is 0 Å². The van der Waals surface area contributed by atoms with Gasteiger partial charge in [0.05, 0.1) is 5.69 Å². The Labute approximate surface area is 76.0 Å². The van der Waals surface area contributed by atoms with E-state index in [1.807, 2.05) is 0 Å². The first kappa shape index (κ1) is 7.98. The third-order valence-electron chi connectivity index (χ3n) is 2.01. The number of hydrogen-bond donors (Lipinski definition) is 0. The molecule has 0 atom stereocenters. The van der Waals surface area contributed by atoms with E-state index in [1.165, 1.54) is 4.90 Å². The second-order valence-electron chi connectivity index (χ2n) is 2.88. The second-order valence-corrected chi connectivity index (χ2v) is 2.88. The Morgan fingerprint density at radius 1 is 1.08 bits per heavy atom. The second kappa shape index (κ2) is 3.01. The van der Waals surface area contributed by atoms with Crippen LogP contribution in [0.2, 0.25) is 0 Å². The fraction of sp³-hybridized carbons (Fsp3) is 0.200. The zero-order chi connectivity index (χ0) is 9.26. The zero-order valence-electron chi connectivity index (χ0n) is 6.99. The largest absolute Gasteiger partial charge is 0.274 e. The molecule has 0 N–H and O–H groups in total. The number of carbonyl (C=O) groups excluding carboxylic acids is 2. The summed E-state index contributed by atoms with van der Waals surface area (Å²) < 4.78 is 0. The fourth-order valence-electron chi connectivity index (χ4n) is 1.39. The lowest BCUT2D eigenvalue weighted by Gasteiger charge is -2.12. The third-order valence-corrected chi connectivity index (χ3v) is 2.01. The Balaban J connectivity index is 2.36. The summed E-state index contributed by atoms with van der Waals surface area (Å²) in [7, 11) is 0. The standard InChI is InChI=1S/C10H8NO2/c12-9-6-7-10(13)11(9)8-4-2-1-3-5-8/h2-5H,6-7H2. The summed E-state index contributed by atoms with van der Waals surface area (Å²) in [6.45, 7) is 0. The van der Waals surface area contributed by atoms with Crippen molar-refractivity contribution in [3.05, 3.63) is 30.3 Å². The molecule has 0 saturated carbocycles. The van der Waals surface area contributed by atoms with Crippen LogP contribution in [0.15, 0.2) is 24.3 Å². The predicted molar refractivity (Wildman–Crippen MR) is 47.0 cm³/mol. The van der Waals surface area contributed by atoms with Gasteiger partial charge in [-0.2, -0.15) is 0 Å². The summed E-state index contributed by atoms with van der Waals surface area (Å²) in [5.41, 5.74) is 0.645. The van der Waals surface area contributed by atoms with Gasteiger partial charge in [-0.05, 0) is 18.2 Å². The molecule has 0 spiro atoms. The molecule has 2 amide bonds. The van der Waals surface area contributed by atoms with Crippen molar-refractivity contribution in [3.8, 4) is 0 Å². The highest BCUT2D eigenvalue weighted by molar-refractivity contribution is 6.19. The Hall–Kier alpha value is -1.64. The number of amides is 2. The summed E-state index contributed by atoms with van der Waals surface area (Å²) in [4.78, 5) is 23.8. The number of anilines is 1. The van der Waals surface area contributed by atoms with Gasteiger partial charge in [-0.3, -0.25) is 14.5 Å². The van der Waals surface area contributed by atoms with Crippen LogP contribution in [-0.4, -0.2) is 11.8 Å². The molecule has 1 fully saturated rings. The lowest BCUT2D eigenvalue weighted by Crippen LogP contribution is -2.28. The highest BCUT2D eigenvalue weighted by Gasteiger charge is 2.29. The average Bonchev–Trinajstić information content (AvgIpc) is 2.48. The van der Waals surface area contributed by atoms with E-state index in [4.69, 9.17) is 0 Å². The van der Waals surface area contributed by atoms with Gasteiger partial charge >= 0.3 is 0 Å². The molecule has 3 heteroatoms. The minimum absolute atomic E-state index is 0.115. The van der Waals surface area contributed by atoms with Crippen molar-refractivity contribution >= 4 is 17.5 Å². The van der Waals surface area contributed by atoms with Crippen molar-refractivity contribution < 1.29 is 9.59 Å². The van der Waals surface area contributed by atoms with E-state index in [0.717, 1.165) is 0 Å². The van der Waals surface area contributed by atoms with Crippen molar-refractivity contribution in [1.29, 1.82) is 0 Å². The molecule has 2 rings (SSSR count). The number of hydrogen-bond acceptors (Lipinski definition) is 2. The van der Waals surface area contributed by atoms with E-state index >= 15 is 0 Å². The molecular weight excluding hydrogens is 166 g/mol. The van der Waals surface area contributed by atoms with E-state index in [9.17, 15) is 9.59 Å². The SMILES string of the molecule is O=C1CCC(=O)N1c1cc[c]cc1. The average molecular weight is 174 g/mol. The molecule has 1 radical (unpaired) electrons. The van der Waals surface area contributed by atoms with Crippen LogP contribution in [0.25, 0.3) is 0 Å². The molecule has 1 saturated heterocycles. The highest BCUT2D eigenvalue weighted by atomic mass is 16.2. The van der Waals surface area contributed by atoms with Gasteiger partial charge in [0, 0.05) is 12.8 Å². The summed E-state index contributed by atoms with van der Waals surface area (Å²) in [6.07, 6.45) is 0.662. The van der Waals surface area contributed by atoms with Gasteiger partial charge in [0.15, 0.2) is 0 Å². The predicted octanol–water partition coefficient (Wildman–Crippen LogP) is 1.14. The number of imide groups is 1. The fourth-order valence-corrected chi connectivity index (χ4v) is 1.39. The van der Waals surface area contributed by atoms with Crippen molar-refractivity contribution in [2.45, 2.75) is 12.8 Å². The monoisotopic (exact) mass is 174 g/mol. The van der Waals surface area contributed by atoms with Gasteiger partial charge in [0.1, 0.15) is 0 Å². The zero-order valence-corrected chi connectivity index (χ0v) is 6.99. The molecule has 1 aliphatic heterocycles. The summed E-state index contributed by atoms with van der Waals surface area (Å²) in [6, 6.07) is 9.63. The number of carbonyl (C=O) groups is 2. The molecule has 13 heavy (non-hydrogen) atoms. The minimum atomic E-state index is -0.115. The summed E-state index contributed by atoms with van der Waals surface area (Å²) in [5, 5.41) is 0. The lowest BCUT2D eigenvalue weighted by molar-refractivity contribution is -0.121. The molecular formula is C10H8NO2. The van der Waals surface area contributed by atoms with Crippen molar-refractivity contribution in [1.82, 2.24) is 0 Å². The Morgan fingerprint density at radius 3 is 2.15 bits per heavy atom. The smallest absolute Gasteiger partial charge is 0.234 e. The Morgan fingerprint density at radius 2 is 1.62 bits per heavy atom.